The molecular weight excluding hydrogens is 338 g/mol. The van der Waals surface area contributed by atoms with E-state index >= 15 is 0 Å². The number of benzene rings is 1. The van der Waals surface area contributed by atoms with Gasteiger partial charge in [-0.1, -0.05) is 19.1 Å². The third-order valence-electron chi connectivity index (χ3n) is 4.94. The van der Waals surface area contributed by atoms with Crippen LogP contribution >= 0.6 is 0 Å². The Morgan fingerprint density at radius 2 is 2.12 bits per heavy atom. The molecule has 3 atom stereocenters. The molecule has 8 heteroatoms. The fraction of sp³-hybridized carbons (Fsp3) is 0.444. The summed E-state index contributed by atoms with van der Waals surface area (Å²) >= 11 is 0. The monoisotopic (exact) mass is 359 g/mol. The van der Waals surface area contributed by atoms with E-state index in [1.807, 2.05) is 6.92 Å². The van der Waals surface area contributed by atoms with Crippen LogP contribution in [0.4, 0.5) is 10.5 Å². The molecule has 0 unspecified atom stereocenters. The Kier molecular flexibility index (Phi) is 4.92. The van der Waals surface area contributed by atoms with Gasteiger partial charge >= 0.3 is 12.0 Å². The van der Waals surface area contributed by atoms with Crippen LogP contribution in [-0.2, 0) is 9.53 Å². The molecule has 0 radical (unpaired) electrons. The van der Waals surface area contributed by atoms with E-state index in [1.54, 1.807) is 13.0 Å². The second kappa shape index (κ2) is 7.15. The van der Waals surface area contributed by atoms with E-state index in [0.717, 1.165) is 19.3 Å². The van der Waals surface area contributed by atoms with Gasteiger partial charge in [0, 0.05) is 17.8 Å². The number of nitro groups is 1. The summed E-state index contributed by atoms with van der Waals surface area (Å²) in [6.07, 6.45) is 2.70. The van der Waals surface area contributed by atoms with Crippen LogP contribution in [-0.4, -0.2) is 23.0 Å². The van der Waals surface area contributed by atoms with Crippen molar-refractivity contribution in [2.45, 2.75) is 45.3 Å². The lowest BCUT2D eigenvalue weighted by Crippen LogP contribution is -2.45. The quantitative estimate of drug-likeness (QED) is 0.488. The predicted molar refractivity (Wildman–Crippen MR) is 93.1 cm³/mol. The Hall–Kier alpha value is -2.90. The average Bonchev–Trinajstić information content (AvgIpc) is 2.99. The molecule has 0 saturated heterocycles. The largest absolute Gasteiger partial charge is 0.459 e. The maximum Gasteiger partial charge on any atom is 0.338 e. The van der Waals surface area contributed by atoms with E-state index < -0.39 is 23.0 Å². The molecule has 2 N–H and O–H groups in total. The first-order valence-electron chi connectivity index (χ1n) is 8.60. The number of urea groups is 1. The summed E-state index contributed by atoms with van der Waals surface area (Å²) in [7, 11) is 0. The zero-order valence-corrected chi connectivity index (χ0v) is 14.7. The summed E-state index contributed by atoms with van der Waals surface area (Å²) in [5.41, 5.74) is 1.01. The van der Waals surface area contributed by atoms with Crippen molar-refractivity contribution in [3.63, 3.8) is 0 Å². The van der Waals surface area contributed by atoms with Crippen LogP contribution in [0.5, 0.6) is 0 Å². The highest BCUT2D eigenvalue weighted by Gasteiger charge is 2.35. The van der Waals surface area contributed by atoms with Crippen LogP contribution in [0.15, 0.2) is 35.5 Å². The minimum Gasteiger partial charge on any atom is -0.459 e. The van der Waals surface area contributed by atoms with Crippen LogP contribution in [0.25, 0.3) is 0 Å². The van der Waals surface area contributed by atoms with Crippen molar-refractivity contribution in [2.24, 2.45) is 5.92 Å². The number of non-ortho nitro benzene ring substituents is 1. The van der Waals surface area contributed by atoms with Crippen molar-refractivity contribution in [3.8, 4) is 0 Å². The number of esters is 1. The molecule has 8 nitrogen and oxygen atoms in total. The Labute approximate surface area is 150 Å². The van der Waals surface area contributed by atoms with Crippen LogP contribution < -0.4 is 10.6 Å². The summed E-state index contributed by atoms with van der Waals surface area (Å²) < 4.78 is 5.68. The van der Waals surface area contributed by atoms with Gasteiger partial charge in [0.25, 0.3) is 5.69 Å². The van der Waals surface area contributed by atoms with Gasteiger partial charge in [0.15, 0.2) is 0 Å². The molecule has 1 heterocycles. The topological polar surface area (TPSA) is 111 Å². The van der Waals surface area contributed by atoms with Crippen LogP contribution in [0.2, 0.25) is 0 Å². The Morgan fingerprint density at radius 3 is 2.77 bits per heavy atom. The molecule has 1 aliphatic carbocycles. The maximum atomic E-state index is 12.8. The Bertz CT molecular complexity index is 789. The van der Waals surface area contributed by atoms with Gasteiger partial charge in [-0.05, 0) is 37.7 Å². The number of carbonyl (C=O) groups excluding carboxylic acids is 2. The SMILES string of the molecule is CC1=C(C(=O)O[C@H]2CCC[C@H]2C)[C@H](c2cccc([N+](=O)[O-])c2)NC(=O)N1. The molecule has 0 aromatic heterocycles. The highest BCUT2D eigenvalue weighted by molar-refractivity contribution is 5.95. The third kappa shape index (κ3) is 3.54. The number of ether oxygens (including phenoxy) is 1. The lowest BCUT2D eigenvalue weighted by atomic mass is 9.95. The second-order valence-electron chi connectivity index (χ2n) is 6.77. The highest BCUT2D eigenvalue weighted by Crippen LogP contribution is 2.33. The van der Waals surface area contributed by atoms with Gasteiger partial charge in [-0.2, -0.15) is 0 Å². The minimum atomic E-state index is -0.798. The first-order chi connectivity index (χ1) is 12.4. The van der Waals surface area contributed by atoms with Crippen molar-refractivity contribution < 1.29 is 19.2 Å². The number of rotatable bonds is 4. The van der Waals surface area contributed by atoms with E-state index in [2.05, 4.69) is 10.6 Å². The summed E-state index contributed by atoms with van der Waals surface area (Å²) in [6, 6.07) is 4.62. The number of allylic oxidation sites excluding steroid dienone is 1. The number of nitro benzene ring substituents is 1. The van der Waals surface area contributed by atoms with Gasteiger partial charge in [0.1, 0.15) is 6.10 Å². The van der Waals surface area contributed by atoms with Gasteiger partial charge in [-0.15, -0.1) is 0 Å². The Morgan fingerprint density at radius 1 is 1.35 bits per heavy atom. The number of hydrogen-bond acceptors (Lipinski definition) is 5. The van der Waals surface area contributed by atoms with Crippen molar-refractivity contribution in [1.29, 1.82) is 0 Å². The molecule has 0 spiro atoms. The van der Waals surface area contributed by atoms with Gasteiger partial charge in [0.2, 0.25) is 0 Å². The normalized spacial score (nSPS) is 25.5. The fourth-order valence-electron chi connectivity index (χ4n) is 3.52. The molecule has 3 rings (SSSR count). The van der Waals surface area contributed by atoms with Crippen LogP contribution in [0.3, 0.4) is 0 Å². The van der Waals surface area contributed by atoms with Gasteiger partial charge in [-0.3, -0.25) is 10.1 Å². The van der Waals surface area contributed by atoms with E-state index in [4.69, 9.17) is 4.74 Å². The molecular formula is C18H21N3O5. The fourth-order valence-corrected chi connectivity index (χ4v) is 3.52. The van der Waals surface area contributed by atoms with Gasteiger partial charge in [-0.25, -0.2) is 9.59 Å². The van der Waals surface area contributed by atoms with Crippen LogP contribution in [0.1, 0.15) is 44.7 Å². The number of nitrogens with zero attached hydrogens (tertiary/aromatic N) is 1. The summed E-state index contributed by atoms with van der Waals surface area (Å²) in [5, 5.41) is 16.3. The first-order valence-corrected chi connectivity index (χ1v) is 8.60. The summed E-state index contributed by atoms with van der Waals surface area (Å²) in [5.74, 6) is -0.215. The standard InChI is InChI=1S/C18H21N3O5/c1-10-5-3-8-14(10)26-17(22)15-11(2)19-18(23)20-16(15)12-6-4-7-13(9-12)21(24)25/h4,6-7,9-10,14,16H,3,5,8H2,1-2H3,(H2,19,20,23)/t10-,14+,16+/m1/s1. The summed E-state index contributed by atoms with van der Waals surface area (Å²) in [6.45, 7) is 3.67. The zero-order valence-electron chi connectivity index (χ0n) is 14.7. The molecule has 1 fully saturated rings. The molecule has 0 bridgehead atoms. The molecule has 1 aromatic carbocycles. The molecule has 1 aliphatic heterocycles. The van der Waals surface area contributed by atoms with E-state index in [9.17, 15) is 19.7 Å². The number of nitrogens with one attached hydrogen (secondary N) is 2. The van der Waals surface area contributed by atoms with Crippen molar-refractivity contribution in [1.82, 2.24) is 10.6 Å². The second-order valence-corrected chi connectivity index (χ2v) is 6.77. The van der Waals surface area contributed by atoms with Crippen molar-refractivity contribution in [2.75, 3.05) is 0 Å². The number of hydrogen-bond donors (Lipinski definition) is 2. The molecule has 138 valence electrons. The minimum absolute atomic E-state index is 0.106. The van der Waals surface area contributed by atoms with E-state index in [-0.39, 0.29) is 17.4 Å². The smallest absolute Gasteiger partial charge is 0.338 e. The zero-order chi connectivity index (χ0) is 18.8. The van der Waals surface area contributed by atoms with Crippen molar-refractivity contribution in [3.05, 3.63) is 51.2 Å². The summed E-state index contributed by atoms with van der Waals surface area (Å²) in [4.78, 5) is 35.2. The Balaban J connectivity index is 1.93. The molecule has 1 aromatic rings. The third-order valence-corrected chi connectivity index (χ3v) is 4.94. The lowest BCUT2D eigenvalue weighted by molar-refractivity contribution is -0.384. The molecule has 26 heavy (non-hydrogen) atoms. The maximum absolute atomic E-state index is 12.8. The van der Waals surface area contributed by atoms with E-state index in [0.29, 0.717) is 17.2 Å². The first kappa shape index (κ1) is 17.9. The predicted octanol–water partition coefficient (Wildman–Crippen LogP) is 2.95. The average molecular weight is 359 g/mol. The highest BCUT2D eigenvalue weighted by atomic mass is 16.6. The van der Waals surface area contributed by atoms with E-state index in [1.165, 1.54) is 18.2 Å². The lowest BCUT2D eigenvalue weighted by Gasteiger charge is -2.29. The van der Waals surface area contributed by atoms with Crippen molar-refractivity contribution >= 4 is 17.7 Å². The number of amides is 2. The van der Waals surface area contributed by atoms with Gasteiger partial charge < -0.3 is 15.4 Å². The molecule has 2 aliphatic rings. The number of carbonyl (C=O) groups is 2. The van der Waals surface area contributed by atoms with Gasteiger partial charge in [0.05, 0.1) is 16.5 Å². The molecule has 1 saturated carbocycles. The van der Waals surface area contributed by atoms with Crippen LogP contribution in [0, 0.1) is 16.0 Å². The molecule has 2 amide bonds.